The van der Waals surface area contributed by atoms with Gasteiger partial charge in [-0.25, -0.2) is 0 Å². The van der Waals surface area contributed by atoms with Crippen LogP contribution in [0, 0.1) is 0 Å². The molecule has 0 saturated carbocycles. The Kier molecular flexibility index (Phi) is 7.41. The van der Waals surface area contributed by atoms with Crippen molar-refractivity contribution in [3.05, 3.63) is 102 Å². The van der Waals surface area contributed by atoms with E-state index < -0.39 is 0 Å². The minimum Gasteiger partial charge on any atom is -0.484 e. The van der Waals surface area contributed by atoms with Crippen LogP contribution in [0.15, 0.2) is 84.9 Å². The van der Waals surface area contributed by atoms with Crippen LogP contribution in [-0.2, 0) is 17.8 Å². The van der Waals surface area contributed by atoms with Gasteiger partial charge in [0.25, 0.3) is 11.8 Å². The lowest BCUT2D eigenvalue weighted by Gasteiger charge is -2.09. The van der Waals surface area contributed by atoms with E-state index in [1.165, 1.54) is 5.56 Å². The van der Waals surface area contributed by atoms with Crippen LogP contribution in [0.2, 0.25) is 0 Å². The molecular weight excluding hydrogens is 364 g/mol. The summed E-state index contributed by atoms with van der Waals surface area (Å²) >= 11 is 0. The normalized spacial score (nSPS) is 10.2. The second-order valence-corrected chi connectivity index (χ2v) is 6.57. The molecule has 0 bridgehead atoms. The average molecular weight is 388 g/mol. The minimum absolute atomic E-state index is 0.0740. The maximum Gasteiger partial charge on any atom is 0.258 e. The number of benzene rings is 3. The third-order valence-electron chi connectivity index (χ3n) is 4.36. The second kappa shape index (κ2) is 10.7. The van der Waals surface area contributed by atoms with Gasteiger partial charge in [-0.15, -0.1) is 0 Å². The smallest absolute Gasteiger partial charge is 0.258 e. The van der Waals surface area contributed by atoms with E-state index in [2.05, 4.69) is 10.6 Å². The van der Waals surface area contributed by atoms with E-state index in [0.29, 0.717) is 24.4 Å². The Bertz CT molecular complexity index is 910. The Hall–Kier alpha value is -3.60. The molecule has 0 aromatic heterocycles. The highest BCUT2D eigenvalue weighted by Crippen LogP contribution is 2.12. The second-order valence-electron chi connectivity index (χ2n) is 6.57. The first-order valence-electron chi connectivity index (χ1n) is 9.56. The fourth-order valence-electron chi connectivity index (χ4n) is 2.77. The van der Waals surface area contributed by atoms with Crippen molar-refractivity contribution < 1.29 is 14.3 Å². The Morgan fingerprint density at radius 1 is 0.724 bits per heavy atom. The van der Waals surface area contributed by atoms with Crippen molar-refractivity contribution in [3.63, 3.8) is 0 Å². The van der Waals surface area contributed by atoms with E-state index in [0.717, 1.165) is 12.0 Å². The molecular formula is C24H24N2O3. The summed E-state index contributed by atoms with van der Waals surface area (Å²) in [5, 5.41) is 5.71. The van der Waals surface area contributed by atoms with Gasteiger partial charge in [0.05, 0.1) is 0 Å². The summed E-state index contributed by atoms with van der Waals surface area (Å²) in [5.41, 5.74) is 2.77. The van der Waals surface area contributed by atoms with Crippen molar-refractivity contribution in [2.24, 2.45) is 0 Å². The van der Waals surface area contributed by atoms with Crippen molar-refractivity contribution in [1.29, 1.82) is 0 Å². The fraction of sp³-hybridized carbons (Fsp3) is 0.167. The molecule has 0 aliphatic heterocycles. The molecule has 0 heterocycles. The highest BCUT2D eigenvalue weighted by atomic mass is 16.5. The molecule has 3 aromatic carbocycles. The number of rotatable bonds is 9. The molecule has 148 valence electrons. The van der Waals surface area contributed by atoms with Crippen LogP contribution in [0.4, 0.5) is 0 Å². The van der Waals surface area contributed by atoms with Gasteiger partial charge in [-0.1, -0.05) is 60.7 Å². The number of carbonyl (C=O) groups is 2. The number of ether oxygens (including phenoxy) is 1. The number of hydrogen-bond donors (Lipinski definition) is 2. The third-order valence-corrected chi connectivity index (χ3v) is 4.36. The fourth-order valence-corrected chi connectivity index (χ4v) is 2.77. The average Bonchev–Trinajstić information content (AvgIpc) is 2.78. The zero-order valence-corrected chi connectivity index (χ0v) is 16.1. The van der Waals surface area contributed by atoms with Gasteiger partial charge in [0.1, 0.15) is 5.75 Å². The maximum atomic E-state index is 12.2. The van der Waals surface area contributed by atoms with E-state index in [9.17, 15) is 9.59 Å². The van der Waals surface area contributed by atoms with Gasteiger partial charge in [-0.2, -0.15) is 0 Å². The predicted molar refractivity (Wildman–Crippen MR) is 113 cm³/mol. The molecule has 0 atom stereocenters. The van der Waals surface area contributed by atoms with Crippen LogP contribution in [-0.4, -0.2) is 25.0 Å². The van der Waals surface area contributed by atoms with Gasteiger partial charge in [0.2, 0.25) is 0 Å². The maximum absolute atomic E-state index is 12.2. The number of carbonyl (C=O) groups excluding carboxylic acids is 2. The van der Waals surface area contributed by atoms with Crippen molar-refractivity contribution in [2.45, 2.75) is 13.0 Å². The first kappa shape index (κ1) is 20.1. The van der Waals surface area contributed by atoms with Gasteiger partial charge in [-0.05, 0) is 41.8 Å². The SMILES string of the molecule is O=C(COc1ccc(C(=O)NCCc2ccccc2)cc1)NCc1ccccc1. The van der Waals surface area contributed by atoms with Crippen molar-refractivity contribution in [1.82, 2.24) is 10.6 Å². The van der Waals surface area contributed by atoms with E-state index in [1.807, 2.05) is 60.7 Å². The monoisotopic (exact) mass is 388 g/mol. The molecule has 5 nitrogen and oxygen atoms in total. The molecule has 29 heavy (non-hydrogen) atoms. The topological polar surface area (TPSA) is 67.4 Å². The van der Waals surface area contributed by atoms with Crippen molar-refractivity contribution in [3.8, 4) is 5.75 Å². The number of hydrogen-bond acceptors (Lipinski definition) is 3. The number of amides is 2. The summed E-state index contributed by atoms with van der Waals surface area (Å²) in [6, 6.07) is 26.5. The highest BCUT2D eigenvalue weighted by molar-refractivity contribution is 5.94. The minimum atomic E-state index is -0.198. The molecule has 0 fully saturated rings. The third kappa shape index (κ3) is 6.81. The Balaban J connectivity index is 1.38. The summed E-state index contributed by atoms with van der Waals surface area (Å²) in [5.74, 6) is 0.213. The van der Waals surface area contributed by atoms with E-state index in [4.69, 9.17) is 4.74 Å². The summed E-state index contributed by atoms with van der Waals surface area (Å²) < 4.78 is 5.49. The Morgan fingerprint density at radius 2 is 1.34 bits per heavy atom. The van der Waals surface area contributed by atoms with E-state index in [1.54, 1.807) is 24.3 Å². The molecule has 0 spiro atoms. The highest BCUT2D eigenvalue weighted by Gasteiger charge is 2.07. The van der Waals surface area contributed by atoms with E-state index in [-0.39, 0.29) is 18.4 Å². The largest absolute Gasteiger partial charge is 0.484 e. The van der Waals surface area contributed by atoms with Crippen molar-refractivity contribution in [2.75, 3.05) is 13.2 Å². The molecule has 2 amide bonds. The summed E-state index contributed by atoms with van der Waals surface area (Å²) in [7, 11) is 0. The lowest BCUT2D eigenvalue weighted by Crippen LogP contribution is -2.28. The lowest BCUT2D eigenvalue weighted by molar-refractivity contribution is -0.123. The van der Waals surface area contributed by atoms with Gasteiger partial charge >= 0.3 is 0 Å². The Labute approximate surface area is 170 Å². The molecule has 3 rings (SSSR count). The number of nitrogens with one attached hydrogen (secondary N) is 2. The first-order chi connectivity index (χ1) is 14.2. The zero-order valence-electron chi connectivity index (χ0n) is 16.1. The lowest BCUT2D eigenvalue weighted by atomic mass is 10.1. The zero-order chi connectivity index (χ0) is 20.3. The summed E-state index contributed by atoms with van der Waals surface area (Å²) in [4.78, 5) is 24.1. The quantitative estimate of drug-likeness (QED) is 0.591. The molecule has 3 aromatic rings. The van der Waals surface area contributed by atoms with Crippen LogP contribution < -0.4 is 15.4 Å². The standard InChI is InChI=1S/C24H24N2O3/c27-23(26-17-20-9-5-2-6-10-20)18-29-22-13-11-21(12-14-22)24(28)25-16-15-19-7-3-1-4-8-19/h1-14H,15-18H2,(H,25,28)(H,26,27). The molecule has 0 aliphatic rings. The van der Waals surface area contributed by atoms with Crippen molar-refractivity contribution >= 4 is 11.8 Å². The van der Waals surface area contributed by atoms with Crippen LogP contribution >= 0.6 is 0 Å². The molecule has 0 saturated heterocycles. The molecule has 0 aliphatic carbocycles. The van der Waals surface area contributed by atoms with Gasteiger partial charge in [0.15, 0.2) is 6.61 Å². The molecule has 2 N–H and O–H groups in total. The van der Waals surface area contributed by atoms with Gasteiger partial charge < -0.3 is 15.4 Å². The van der Waals surface area contributed by atoms with Crippen LogP contribution in [0.3, 0.4) is 0 Å². The predicted octanol–water partition coefficient (Wildman–Crippen LogP) is 3.35. The summed E-state index contributed by atoms with van der Waals surface area (Å²) in [6.07, 6.45) is 0.784. The summed E-state index contributed by atoms with van der Waals surface area (Å²) in [6.45, 7) is 0.962. The first-order valence-corrected chi connectivity index (χ1v) is 9.56. The van der Waals surface area contributed by atoms with Gasteiger partial charge in [0, 0.05) is 18.7 Å². The molecule has 0 unspecified atom stereocenters. The van der Waals surface area contributed by atoms with Crippen LogP contribution in [0.25, 0.3) is 0 Å². The van der Waals surface area contributed by atoms with Gasteiger partial charge in [-0.3, -0.25) is 9.59 Å². The molecule has 5 heteroatoms. The Morgan fingerprint density at radius 3 is 2.00 bits per heavy atom. The van der Waals surface area contributed by atoms with E-state index >= 15 is 0 Å². The van der Waals surface area contributed by atoms with Crippen LogP contribution in [0.1, 0.15) is 21.5 Å². The molecule has 0 radical (unpaired) electrons. The van der Waals surface area contributed by atoms with Crippen LogP contribution in [0.5, 0.6) is 5.75 Å².